The Bertz CT molecular complexity index is 1970. The second kappa shape index (κ2) is 16.1. The van der Waals surface area contributed by atoms with E-state index < -0.39 is 84.9 Å². The Kier molecular flexibility index (Phi) is 11.8. The van der Waals surface area contributed by atoms with Gasteiger partial charge in [0.15, 0.2) is 18.0 Å². The number of nitrogens with one attached hydrogen (secondary N) is 1. The first-order chi connectivity index (χ1) is 26.5. The van der Waals surface area contributed by atoms with E-state index in [1.807, 2.05) is 30.3 Å². The molecule has 3 amide bonds. The van der Waals surface area contributed by atoms with E-state index in [0.29, 0.717) is 5.56 Å². The van der Waals surface area contributed by atoms with Crippen LogP contribution in [0, 0.1) is 16.0 Å². The number of hydrogen-bond acceptors (Lipinski definition) is 12. The highest BCUT2D eigenvalue weighted by molar-refractivity contribution is 6.72. The Morgan fingerprint density at radius 2 is 1.70 bits per heavy atom. The largest absolute Gasteiger partial charge is 0.395 e. The van der Waals surface area contributed by atoms with Crippen molar-refractivity contribution in [2.75, 3.05) is 23.4 Å². The minimum atomic E-state index is -3.74. The summed E-state index contributed by atoms with van der Waals surface area (Å²) >= 11 is 0. The molecule has 0 saturated carbocycles. The van der Waals surface area contributed by atoms with Gasteiger partial charge in [-0.1, -0.05) is 49.4 Å². The summed E-state index contributed by atoms with van der Waals surface area (Å²) in [5.74, 6) is -2.85. The topological polar surface area (TPSA) is 232 Å². The number of fused-ring (bicyclic) bond motifs is 2. The summed E-state index contributed by atoms with van der Waals surface area (Å²) in [4.78, 5) is 56.0. The van der Waals surface area contributed by atoms with Crippen LogP contribution in [0.3, 0.4) is 0 Å². The normalized spacial score (nSPS) is 28.7. The van der Waals surface area contributed by atoms with E-state index in [1.54, 1.807) is 19.1 Å². The molecule has 6 rings (SSSR count). The number of halogens is 1. The van der Waals surface area contributed by atoms with Crippen molar-refractivity contribution in [1.29, 1.82) is 0 Å². The zero-order valence-electron chi connectivity index (χ0n) is 30.9. The minimum Gasteiger partial charge on any atom is -0.395 e. The predicted octanol–water partition coefficient (Wildman–Crippen LogP) is 2.07. The van der Waals surface area contributed by atoms with Gasteiger partial charge in [0, 0.05) is 47.9 Å². The molecule has 0 radical (unpaired) electrons. The second-order valence-electron chi connectivity index (χ2n) is 15.0. The lowest BCUT2D eigenvalue weighted by atomic mass is 9.82. The molecule has 16 nitrogen and oxygen atoms in total. The molecule has 0 aliphatic carbocycles. The highest BCUT2D eigenvalue weighted by Gasteiger charge is 2.67. The molecule has 9 atom stereocenters. The zero-order chi connectivity index (χ0) is 40.7. The van der Waals surface area contributed by atoms with Crippen LogP contribution in [0.5, 0.6) is 0 Å². The third kappa shape index (κ3) is 7.70. The molecule has 0 aromatic heterocycles. The van der Waals surface area contributed by atoms with Crippen molar-refractivity contribution in [3.05, 3.63) is 99.6 Å². The van der Waals surface area contributed by atoms with E-state index in [-0.39, 0.29) is 55.3 Å². The number of hydrogen-bond donors (Lipinski definition) is 6. The van der Waals surface area contributed by atoms with Crippen LogP contribution in [0.25, 0.3) is 0 Å². The Morgan fingerprint density at radius 3 is 2.36 bits per heavy atom. The number of nitro groups is 1. The fourth-order valence-corrected chi connectivity index (χ4v) is 10.7. The number of non-ortho nitro benzene ring substituents is 1. The van der Waals surface area contributed by atoms with Crippen LogP contribution in [0.15, 0.2) is 72.8 Å². The standard InChI is InChI=1S/C38H45FN4O12Si/c1-21-34(56(2,3)39)28(18-29(45)41(14-15-44)19-22-8-5-4-6-9-22)55-38(21)26-17-25(43(52)53)12-13-27(26)42(37(38)51)20-23-10-7-11-24(16-23)40-35(49)33-31(47)30(46)32(48)36(50)54-33/h4-13,16-17,21,28,30-34,36,44,46-48,50H,14-15,18-20H2,1-3H3,(H,40,49)/t21-,28+,30-,31-,32+,33-,34-,36+,38+/m0/s1. The van der Waals surface area contributed by atoms with Gasteiger partial charge in [0.1, 0.15) is 18.3 Å². The first kappa shape index (κ1) is 41.0. The molecule has 3 aliphatic heterocycles. The average Bonchev–Trinajstić information content (AvgIpc) is 3.58. The Hall–Kier alpha value is -4.66. The third-order valence-electron chi connectivity index (χ3n) is 10.9. The van der Waals surface area contributed by atoms with E-state index in [9.17, 15) is 50.0 Å². The van der Waals surface area contributed by atoms with Crippen molar-refractivity contribution in [2.24, 2.45) is 5.92 Å². The molecule has 3 aromatic carbocycles. The fourth-order valence-electron chi connectivity index (χ4n) is 8.24. The van der Waals surface area contributed by atoms with Gasteiger partial charge in [0.05, 0.1) is 36.3 Å². The second-order valence-corrected chi connectivity index (χ2v) is 18.8. The first-order valence-electron chi connectivity index (χ1n) is 18.2. The van der Waals surface area contributed by atoms with Gasteiger partial charge < -0.3 is 54.2 Å². The maximum Gasteiger partial charge on any atom is 0.269 e. The highest BCUT2D eigenvalue weighted by Crippen LogP contribution is 2.60. The van der Waals surface area contributed by atoms with Crippen LogP contribution < -0.4 is 10.2 Å². The molecule has 300 valence electrons. The summed E-state index contributed by atoms with van der Waals surface area (Å²) in [6.45, 7) is 4.32. The monoisotopic (exact) mass is 796 g/mol. The molecule has 56 heavy (non-hydrogen) atoms. The summed E-state index contributed by atoms with van der Waals surface area (Å²) in [7, 11) is -3.74. The number of ether oxygens (including phenoxy) is 2. The van der Waals surface area contributed by atoms with Crippen LogP contribution in [-0.2, 0) is 42.5 Å². The SMILES string of the molecule is C[C@H]1[C@H]([Si](C)(C)F)[C@@H](CC(=O)N(CCO)Cc2ccccc2)O[C@]12C(=O)N(Cc1cccc(NC(=O)[C@H]3O[C@@H](O)[C@H](O)[C@@H](O)[C@@H]3O)c1)c1ccc([N+](=O)[O-])cc12. The maximum atomic E-state index is 16.5. The first-order valence-corrected chi connectivity index (χ1v) is 21.1. The van der Waals surface area contributed by atoms with Crippen LogP contribution in [0.2, 0.25) is 18.6 Å². The molecule has 6 N–H and O–H groups in total. The van der Waals surface area contributed by atoms with Gasteiger partial charge in [-0.25, -0.2) is 0 Å². The minimum absolute atomic E-state index is 0.00477. The van der Waals surface area contributed by atoms with E-state index >= 15 is 4.11 Å². The number of rotatable bonds is 12. The molecule has 3 aliphatic rings. The van der Waals surface area contributed by atoms with Crippen LogP contribution in [-0.4, -0.2) is 111 Å². The number of amides is 3. The van der Waals surface area contributed by atoms with E-state index in [1.165, 1.54) is 53.2 Å². The van der Waals surface area contributed by atoms with Gasteiger partial charge in [-0.05, 0) is 42.4 Å². The lowest BCUT2D eigenvalue weighted by Gasteiger charge is -2.37. The zero-order valence-corrected chi connectivity index (χ0v) is 31.9. The number of carbonyl (C=O) groups excluding carboxylic acids is 3. The van der Waals surface area contributed by atoms with E-state index in [4.69, 9.17) is 9.47 Å². The van der Waals surface area contributed by atoms with Crippen LogP contribution in [0.1, 0.15) is 30.0 Å². The lowest BCUT2D eigenvalue weighted by Crippen LogP contribution is -2.60. The Morgan fingerprint density at radius 1 is 1.00 bits per heavy atom. The van der Waals surface area contributed by atoms with Crippen molar-refractivity contribution in [2.45, 2.75) is 87.5 Å². The molecule has 2 saturated heterocycles. The summed E-state index contributed by atoms with van der Waals surface area (Å²) < 4.78 is 28.1. The summed E-state index contributed by atoms with van der Waals surface area (Å²) in [6, 6.07) is 19.3. The summed E-state index contributed by atoms with van der Waals surface area (Å²) in [6.07, 6.45) is -10.6. The highest BCUT2D eigenvalue weighted by atomic mass is 28.4. The predicted molar refractivity (Wildman–Crippen MR) is 200 cm³/mol. The number of aliphatic hydroxyl groups is 5. The summed E-state index contributed by atoms with van der Waals surface area (Å²) in [5.41, 5.74) is -1.23. The van der Waals surface area contributed by atoms with Crippen LogP contribution >= 0.6 is 0 Å². The number of anilines is 2. The van der Waals surface area contributed by atoms with Gasteiger partial charge in [-0.3, -0.25) is 24.5 Å². The average molecular weight is 797 g/mol. The molecule has 0 unspecified atom stereocenters. The van der Waals surface area contributed by atoms with Crippen molar-refractivity contribution < 1.29 is 58.4 Å². The van der Waals surface area contributed by atoms with Gasteiger partial charge in [-0.2, -0.15) is 0 Å². The molecular weight excluding hydrogens is 752 g/mol. The van der Waals surface area contributed by atoms with Gasteiger partial charge in [0.2, 0.25) is 14.3 Å². The van der Waals surface area contributed by atoms with Gasteiger partial charge >= 0.3 is 0 Å². The van der Waals surface area contributed by atoms with Crippen molar-refractivity contribution in [1.82, 2.24) is 4.90 Å². The molecular formula is C38H45FN4O12Si. The van der Waals surface area contributed by atoms with Crippen molar-refractivity contribution >= 4 is 43.2 Å². The smallest absolute Gasteiger partial charge is 0.269 e. The lowest BCUT2D eigenvalue weighted by molar-refractivity contribution is -0.385. The molecule has 2 fully saturated rings. The Labute approximate surface area is 322 Å². The number of nitrogens with zero attached hydrogens (tertiary/aromatic N) is 3. The quantitative estimate of drug-likeness (QED) is 0.0670. The van der Waals surface area contributed by atoms with E-state index in [2.05, 4.69) is 5.32 Å². The van der Waals surface area contributed by atoms with Crippen molar-refractivity contribution in [3.63, 3.8) is 0 Å². The maximum absolute atomic E-state index is 16.5. The fraction of sp³-hybridized carbons (Fsp3) is 0.447. The third-order valence-corrected chi connectivity index (χ3v) is 13.3. The summed E-state index contributed by atoms with van der Waals surface area (Å²) in [5, 5.41) is 64.3. The van der Waals surface area contributed by atoms with Gasteiger partial charge in [-0.15, -0.1) is 0 Å². The molecule has 18 heteroatoms. The Balaban J connectivity index is 1.31. The number of nitro benzene ring substituents is 1. The molecule has 1 spiro atoms. The molecule has 3 aromatic rings. The van der Waals surface area contributed by atoms with Crippen LogP contribution in [0.4, 0.5) is 21.2 Å². The van der Waals surface area contributed by atoms with E-state index in [0.717, 1.165) is 5.56 Å². The molecule has 0 bridgehead atoms. The van der Waals surface area contributed by atoms with Crippen molar-refractivity contribution in [3.8, 4) is 0 Å². The molecule has 3 heterocycles. The number of carbonyl (C=O) groups is 3. The van der Waals surface area contributed by atoms with Gasteiger partial charge in [0.25, 0.3) is 17.5 Å². The number of benzene rings is 3. The number of aliphatic hydroxyl groups excluding tert-OH is 5.